The minimum atomic E-state index is 0.354. The molecule has 0 N–H and O–H groups in total. The van der Waals surface area contributed by atoms with Crippen molar-refractivity contribution in [2.75, 3.05) is 12.0 Å². The van der Waals surface area contributed by atoms with Crippen molar-refractivity contribution in [1.82, 2.24) is 24.4 Å². The Morgan fingerprint density at radius 3 is 2.45 bits per heavy atom. The topological polar surface area (TPSA) is 84.3 Å². The van der Waals surface area contributed by atoms with Crippen LogP contribution in [0.15, 0.2) is 49.2 Å². The third-order valence-electron chi connectivity index (χ3n) is 7.12. The summed E-state index contributed by atoms with van der Waals surface area (Å²) in [6.45, 7) is 0. The number of piperidine rings is 1. The van der Waals surface area contributed by atoms with Crippen LogP contribution < -0.4 is 4.90 Å². The van der Waals surface area contributed by atoms with Crippen molar-refractivity contribution in [2.45, 2.75) is 43.9 Å². The molecule has 166 valence electrons. The molecule has 4 aromatic heterocycles. The number of hydrogen-bond donors (Lipinski definition) is 0. The number of aryl methyl sites for hydroxylation is 1. The summed E-state index contributed by atoms with van der Waals surface area (Å²) >= 11 is 0. The maximum absolute atomic E-state index is 9.66. The van der Waals surface area contributed by atoms with Gasteiger partial charge in [-0.05, 0) is 43.9 Å². The smallest absolute Gasteiger partial charge is 0.129 e. The second kappa shape index (κ2) is 7.71. The van der Waals surface area contributed by atoms with Crippen LogP contribution in [0.3, 0.4) is 0 Å². The molecule has 0 amide bonds. The van der Waals surface area contributed by atoms with Crippen LogP contribution in [-0.4, -0.2) is 49.7 Å². The van der Waals surface area contributed by atoms with Gasteiger partial charge in [0.1, 0.15) is 11.9 Å². The van der Waals surface area contributed by atoms with Gasteiger partial charge in [0, 0.05) is 67.1 Å². The van der Waals surface area contributed by atoms with Crippen LogP contribution in [0.2, 0.25) is 0 Å². The number of rotatable bonds is 4. The van der Waals surface area contributed by atoms with Crippen molar-refractivity contribution in [3.63, 3.8) is 0 Å². The highest BCUT2D eigenvalue weighted by Crippen LogP contribution is 2.40. The molecular weight excluding hydrogens is 414 g/mol. The zero-order valence-electron chi connectivity index (χ0n) is 18.7. The lowest BCUT2D eigenvalue weighted by Crippen LogP contribution is -2.45. The molecule has 6 heterocycles. The average Bonchev–Trinajstić information content (AvgIpc) is 3.53. The fourth-order valence-electron chi connectivity index (χ4n) is 5.54. The van der Waals surface area contributed by atoms with Crippen LogP contribution in [0.25, 0.3) is 27.8 Å². The van der Waals surface area contributed by atoms with Crippen molar-refractivity contribution in [3.8, 4) is 28.3 Å². The minimum Gasteiger partial charge on any atom is -0.381 e. The summed E-state index contributed by atoms with van der Waals surface area (Å²) in [5.41, 5.74) is 5.22. The van der Waals surface area contributed by atoms with Crippen LogP contribution >= 0.6 is 0 Å². The van der Waals surface area contributed by atoms with Gasteiger partial charge in [0.25, 0.3) is 0 Å². The van der Waals surface area contributed by atoms with Gasteiger partial charge in [-0.2, -0.15) is 15.5 Å². The highest BCUT2D eigenvalue weighted by atomic mass is 16.5. The maximum Gasteiger partial charge on any atom is 0.129 e. The molecule has 0 aromatic carbocycles. The fraction of sp³-hybridized carbons (Fsp3) is 0.360. The third-order valence-corrected chi connectivity index (χ3v) is 7.12. The molecule has 2 aliphatic heterocycles. The van der Waals surface area contributed by atoms with Gasteiger partial charge in [0.15, 0.2) is 0 Å². The molecule has 2 aliphatic rings. The van der Waals surface area contributed by atoms with Crippen molar-refractivity contribution in [1.29, 1.82) is 5.26 Å². The largest absolute Gasteiger partial charge is 0.381 e. The number of hydrogen-bond acceptors (Lipinski definition) is 6. The number of fused-ring (bicyclic) bond motifs is 3. The van der Waals surface area contributed by atoms with Crippen molar-refractivity contribution >= 4 is 11.3 Å². The van der Waals surface area contributed by atoms with E-state index in [-0.39, 0.29) is 0 Å². The fourth-order valence-corrected chi connectivity index (χ4v) is 5.54. The van der Waals surface area contributed by atoms with Crippen molar-refractivity contribution < 1.29 is 4.74 Å². The van der Waals surface area contributed by atoms with E-state index in [4.69, 9.17) is 9.72 Å². The van der Waals surface area contributed by atoms with Crippen molar-refractivity contribution in [3.05, 3.63) is 54.7 Å². The molecule has 6 rings (SSSR count). The lowest BCUT2D eigenvalue weighted by Gasteiger charge is -2.39. The quantitative estimate of drug-likeness (QED) is 0.481. The summed E-state index contributed by atoms with van der Waals surface area (Å²) in [4.78, 5) is 7.37. The van der Waals surface area contributed by atoms with Gasteiger partial charge in [0.05, 0.1) is 29.6 Å². The van der Waals surface area contributed by atoms with E-state index in [1.54, 1.807) is 15.4 Å². The van der Waals surface area contributed by atoms with E-state index in [0.717, 1.165) is 46.4 Å². The average molecular weight is 440 g/mol. The molecule has 1 unspecified atom stereocenters. The lowest BCUT2D eigenvalue weighted by atomic mass is 9.99. The molecular formula is C25H25N7O. The second-order valence-electron chi connectivity index (χ2n) is 9.03. The summed E-state index contributed by atoms with van der Waals surface area (Å²) in [5, 5.41) is 18.4. The van der Waals surface area contributed by atoms with Gasteiger partial charge in [-0.1, -0.05) is 0 Å². The SMILES string of the molecule is COC1C[C@H]2CC[C@@H](C1)N2c1ccc(-c2cc(-c3cnn(C)c3)cn3ncc(C#N)c23)cn1. The number of pyridine rings is 2. The predicted molar refractivity (Wildman–Crippen MR) is 125 cm³/mol. The van der Waals surface area contributed by atoms with E-state index in [1.165, 1.54) is 12.8 Å². The van der Waals surface area contributed by atoms with Crippen molar-refractivity contribution in [2.24, 2.45) is 7.05 Å². The van der Waals surface area contributed by atoms with Gasteiger partial charge in [-0.3, -0.25) is 4.68 Å². The first-order valence-electron chi connectivity index (χ1n) is 11.3. The number of methoxy groups -OCH3 is 1. The second-order valence-corrected chi connectivity index (χ2v) is 9.03. The molecule has 2 saturated heterocycles. The summed E-state index contributed by atoms with van der Waals surface area (Å²) in [5.74, 6) is 1.02. The number of ether oxygens (including phenoxy) is 1. The van der Waals surface area contributed by atoms with Gasteiger partial charge in [-0.15, -0.1) is 0 Å². The molecule has 8 nitrogen and oxygen atoms in total. The Morgan fingerprint density at radius 2 is 1.82 bits per heavy atom. The first-order valence-corrected chi connectivity index (χ1v) is 11.3. The van der Waals surface area contributed by atoms with Gasteiger partial charge in [0.2, 0.25) is 0 Å². The van der Waals surface area contributed by atoms with Crippen LogP contribution in [0.1, 0.15) is 31.2 Å². The Balaban J connectivity index is 1.41. The van der Waals surface area contributed by atoms with Gasteiger partial charge in [-0.25, -0.2) is 9.50 Å². The number of nitriles is 1. The minimum absolute atomic E-state index is 0.354. The Bertz CT molecular complexity index is 1350. The van der Waals surface area contributed by atoms with Gasteiger partial charge >= 0.3 is 0 Å². The number of nitrogens with zero attached hydrogens (tertiary/aromatic N) is 7. The molecule has 33 heavy (non-hydrogen) atoms. The van der Waals surface area contributed by atoms with Crippen LogP contribution in [0.4, 0.5) is 5.82 Å². The first-order chi connectivity index (χ1) is 16.1. The molecule has 0 spiro atoms. The molecule has 0 radical (unpaired) electrons. The number of anilines is 1. The zero-order valence-corrected chi connectivity index (χ0v) is 18.7. The Hall–Kier alpha value is -3.70. The highest BCUT2D eigenvalue weighted by molar-refractivity contribution is 5.87. The molecule has 2 bridgehead atoms. The number of aromatic nitrogens is 5. The highest BCUT2D eigenvalue weighted by Gasteiger charge is 2.41. The molecule has 8 heteroatoms. The molecule has 2 fully saturated rings. The molecule has 4 aromatic rings. The summed E-state index contributed by atoms with van der Waals surface area (Å²) in [6, 6.07) is 9.59. The van der Waals surface area contributed by atoms with E-state index < -0.39 is 0 Å². The van der Waals surface area contributed by atoms with E-state index in [0.29, 0.717) is 23.8 Å². The lowest BCUT2D eigenvalue weighted by molar-refractivity contribution is 0.0682. The normalized spacial score (nSPS) is 22.1. The van der Waals surface area contributed by atoms with Crippen LogP contribution in [0, 0.1) is 11.3 Å². The van der Waals surface area contributed by atoms with Crippen LogP contribution in [-0.2, 0) is 11.8 Å². The Morgan fingerprint density at radius 1 is 1.00 bits per heavy atom. The molecule has 3 atom stereocenters. The monoisotopic (exact) mass is 439 g/mol. The first kappa shape index (κ1) is 19.9. The standard InChI is InChI=1S/C25H25N7O/c1-30-14-19(13-28-30)17-7-23(25-18(10-26)12-29-31(25)15-17)16-3-6-24(27-11-16)32-20-4-5-21(32)9-22(8-20)33-2/h3,6-7,11-15,20-22H,4-5,8-9H2,1-2H3/t20-,21+,22?. The predicted octanol–water partition coefficient (Wildman–Crippen LogP) is 3.81. The van der Waals surface area contributed by atoms with E-state index in [1.807, 2.05) is 38.9 Å². The zero-order chi connectivity index (χ0) is 22.5. The van der Waals surface area contributed by atoms with Gasteiger partial charge < -0.3 is 9.64 Å². The molecule has 0 aliphatic carbocycles. The Labute approximate surface area is 192 Å². The van der Waals surface area contributed by atoms with E-state index in [2.05, 4.69) is 39.4 Å². The Kier molecular flexibility index (Phi) is 4.66. The van der Waals surface area contributed by atoms with E-state index in [9.17, 15) is 5.26 Å². The molecule has 0 saturated carbocycles. The summed E-state index contributed by atoms with van der Waals surface area (Å²) in [6.07, 6.45) is 14.2. The maximum atomic E-state index is 9.66. The van der Waals surface area contributed by atoms with Crippen LogP contribution in [0.5, 0.6) is 0 Å². The summed E-state index contributed by atoms with van der Waals surface area (Å²) in [7, 11) is 3.72. The summed E-state index contributed by atoms with van der Waals surface area (Å²) < 4.78 is 9.21. The van der Waals surface area contributed by atoms with E-state index >= 15 is 0 Å². The third kappa shape index (κ3) is 3.28.